The summed E-state index contributed by atoms with van der Waals surface area (Å²) >= 11 is 5.82. The van der Waals surface area contributed by atoms with Gasteiger partial charge in [0.25, 0.3) is 0 Å². The van der Waals surface area contributed by atoms with E-state index >= 15 is 0 Å². The summed E-state index contributed by atoms with van der Waals surface area (Å²) in [7, 11) is 3.11. The van der Waals surface area contributed by atoms with Crippen LogP contribution < -0.4 is 5.32 Å². The van der Waals surface area contributed by atoms with E-state index in [-0.39, 0.29) is 5.91 Å². The van der Waals surface area contributed by atoms with Gasteiger partial charge >= 0.3 is 0 Å². The maximum atomic E-state index is 11.1. The van der Waals surface area contributed by atoms with Crippen molar-refractivity contribution in [1.82, 2.24) is 5.32 Å². The fraction of sp³-hybridized carbons (Fsp3) is 0.889. The molecule has 90 valence electrons. The van der Waals surface area contributed by atoms with Crippen LogP contribution in [0.2, 0.25) is 0 Å². The first-order chi connectivity index (χ1) is 7.31. The summed E-state index contributed by atoms with van der Waals surface area (Å²) in [6, 6.07) is 0. The first-order valence-corrected chi connectivity index (χ1v) is 8.10. The van der Waals surface area contributed by atoms with E-state index in [1.807, 2.05) is 11.8 Å². The zero-order valence-corrected chi connectivity index (χ0v) is 11.6. The monoisotopic (exact) mass is 269 g/mol. The minimum atomic E-state index is 0.119. The van der Waals surface area contributed by atoms with Crippen molar-refractivity contribution >= 4 is 40.1 Å². The lowest BCUT2D eigenvalue weighted by Gasteiger charge is -2.04. The molecule has 0 aromatic rings. The maximum Gasteiger partial charge on any atom is 0.220 e. The standard InChI is InChI=1S/C9H19NO2S3/c1-12-5-2-6-14-8-4-10-9(11)3-7-15-13/h13H,2-8H2,1H3,(H,10,11). The third-order valence-corrected chi connectivity index (χ3v) is 3.63. The predicted octanol–water partition coefficient (Wildman–Crippen LogP) is 1.84. The molecule has 0 fully saturated rings. The van der Waals surface area contributed by atoms with Crippen LogP contribution in [0.3, 0.4) is 0 Å². The van der Waals surface area contributed by atoms with Gasteiger partial charge in [-0.2, -0.15) is 11.8 Å². The second-order valence-electron chi connectivity index (χ2n) is 2.89. The van der Waals surface area contributed by atoms with Gasteiger partial charge in [0.1, 0.15) is 0 Å². The topological polar surface area (TPSA) is 38.3 Å². The van der Waals surface area contributed by atoms with Crippen molar-refractivity contribution in [1.29, 1.82) is 0 Å². The molecule has 1 amide bonds. The van der Waals surface area contributed by atoms with E-state index in [4.69, 9.17) is 4.74 Å². The molecule has 0 aliphatic heterocycles. The molecule has 0 heterocycles. The minimum Gasteiger partial charge on any atom is -0.385 e. The Hall–Kier alpha value is 0.480. The second kappa shape index (κ2) is 12.5. The quantitative estimate of drug-likeness (QED) is 0.361. The number of thioether (sulfide) groups is 1. The van der Waals surface area contributed by atoms with Crippen LogP contribution in [-0.4, -0.2) is 43.4 Å². The van der Waals surface area contributed by atoms with Crippen molar-refractivity contribution in [2.45, 2.75) is 12.8 Å². The Kier molecular flexibility index (Phi) is 13.0. The van der Waals surface area contributed by atoms with Crippen molar-refractivity contribution < 1.29 is 9.53 Å². The molecule has 15 heavy (non-hydrogen) atoms. The first-order valence-electron chi connectivity index (χ1n) is 4.91. The van der Waals surface area contributed by atoms with Crippen LogP contribution in [0, 0.1) is 0 Å². The molecule has 0 saturated heterocycles. The van der Waals surface area contributed by atoms with E-state index in [1.54, 1.807) is 7.11 Å². The molecule has 0 unspecified atom stereocenters. The summed E-state index contributed by atoms with van der Waals surface area (Å²) in [4.78, 5) is 11.1. The SMILES string of the molecule is COCCCSCCNC(=O)CCSS. The molecule has 0 spiro atoms. The molecular weight excluding hydrogens is 250 g/mol. The van der Waals surface area contributed by atoms with Crippen LogP contribution in [0.15, 0.2) is 0 Å². The van der Waals surface area contributed by atoms with E-state index in [2.05, 4.69) is 17.0 Å². The molecule has 3 nitrogen and oxygen atoms in total. The lowest BCUT2D eigenvalue weighted by atomic mass is 10.4. The summed E-state index contributed by atoms with van der Waals surface area (Å²) in [6.07, 6.45) is 1.63. The molecule has 0 rings (SSSR count). The normalized spacial score (nSPS) is 10.3. The molecule has 0 atom stereocenters. The number of amides is 1. The Balaban J connectivity index is 3.06. The highest BCUT2D eigenvalue weighted by Crippen LogP contribution is 2.05. The summed E-state index contributed by atoms with van der Waals surface area (Å²) in [5.41, 5.74) is 0. The number of nitrogens with one attached hydrogen (secondary N) is 1. The number of hydrogen-bond acceptors (Lipinski definition) is 5. The van der Waals surface area contributed by atoms with E-state index < -0.39 is 0 Å². The van der Waals surface area contributed by atoms with Gasteiger partial charge < -0.3 is 10.1 Å². The van der Waals surface area contributed by atoms with Crippen molar-refractivity contribution in [3.05, 3.63) is 0 Å². The molecule has 0 aromatic heterocycles. The second-order valence-corrected chi connectivity index (χ2v) is 5.56. The van der Waals surface area contributed by atoms with Crippen LogP contribution in [0.1, 0.15) is 12.8 Å². The summed E-state index contributed by atoms with van der Waals surface area (Å²) < 4.78 is 4.94. The lowest BCUT2D eigenvalue weighted by molar-refractivity contribution is -0.120. The Labute approximate surface area is 105 Å². The Morgan fingerprint density at radius 1 is 1.40 bits per heavy atom. The fourth-order valence-electron chi connectivity index (χ4n) is 0.897. The van der Waals surface area contributed by atoms with Crippen LogP contribution in [0.25, 0.3) is 0 Å². The zero-order chi connectivity index (χ0) is 11.4. The van der Waals surface area contributed by atoms with Crippen LogP contribution in [-0.2, 0) is 9.53 Å². The van der Waals surface area contributed by atoms with E-state index in [9.17, 15) is 4.79 Å². The summed E-state index contributed by atoms with van der Waals surface area (Å²) in [5.74, 6) is 2.96. The number of carbonyl (C=O) groups excluding carboxylic acids is 1. The molecule has 0 saturated carbocycles. The Morgan fingerprint density at radius 2 is 2.20 bits per heavy atom. The highest BCUT2D eigenvalue weighted by molar-refractivity contribution is 8.68. The minimum absolute atomic E-state index is 0.119. The predicted molar refractivity (Wildman–Crippen MR) is 72.9 cm³/mol. The van der Waals surface area contributed by atoms with Crippen LogP contribution >= 0.6 is 34.2 Å². The highest BCUT2D eigenvalue weighted by Gasteiger charge is 1.98. The Morgan fingerprint density at radius 3 is 2.87 bits per heavy atom. The van der Waals surface area contributed by atoms with Crippen molar-refractivity contribution in [2.24, 2.45) is 0 Å². The number of ether oxygens (including phenoxy) is 1. The molecule has 0 aliphatic carbocycles. The number of rotatable bonds is 10. The third kappa shape index (κ3) is 12.4. The van der Waals surface area contributed by atoms with Gasteiger partial charge in [-0.25, -0.2) is 0 Å². The largest absolute Gasteiger partial charge is 0.385 e. The van der Waals surface area contributed by atoms with Gasteiger partial charge in [-0.05, 0) is 12.2 Å². The van der Waals surface area contributed by atoms with Gasteiger partial charge in [0, 0.05) is 38.2 Å². The molecule has 0 aromatic carbocycles. The van der Waals surface area contributed by atoms with E-state index in [0.29, 0.717) is 6.42 Å². The summed E-state index contributed by atoms with van der Waals surface area (Å²) in [6.45, 7) is 1.58. The number of methoxy groups -OCH3 is 1. The fourth-order valence-corrected chi connectivity index (χ4v) is 2.22. The van der Waals surface area contributed by atoms with Crippen LogP contribution in [0.4, 0.5) is 0 Å². The Bertz CT molecular complexity index is 158. The molecular formula is C9H19NO2S3. The summed E-state index contributed by atoms with van der Waals surface area (Å²) in [5, 5.41) is 2.87. The average molecular weight is 269 g/mol. The van der Waals surface area contributed by atoms with E-state index in [0.717, 1.165) is 36.8 Å². The van der Waals surface area contributed by atoms with Gasteiger partial charge in [-0.3, -0.25) is 4.79 Å². The average Bonchev–Trinajstić information content (AvgIpc) is 2.25. The van der Waals surface area contributed by atoms with E-state index in [1.165, 1.54) is 10.8 Å². The molecule has 0 aliphatic rings. The highest BCUT2D eigenvalue weighted by atomic mass is 33.1. The smallest absolute Gasteiger partial charge is 0.220 e. The first kappa shape index (κ1) is 15.5. The number of carbonyl (C=O) groups is 1. The van der Waals surface area contributed by atoms with Gasteiger partial charge in [0.2, 0.25) is 5.91 Å². The molecule has 0 radical (unpaired) electrons. The molecule has 6 heteroatoms. The van der Waals surface area contributed by atoms with Gasteiger partial charge in [0.15, 0.2) is 0 Å². The number of hydrogen-bond donors (Lipinski definition) is 2. The molecule has 1 N–H and O–H groups in total. The zero-order valence-electron chi connectivity index (χ0n) is 9.03. The lowest BCUT2D eigenvalue weighted by Crippen LogP contribution is -2.25. The van der Waals surface area contributed by atoms with Gasteiger partial charge in [0.05, 0.1) is 0 Å². The van der Waals surface area contributed by atoms with Crippen LogP contribution in [0.5, 0.6) is 0 Å². The van der Waals surface area contributed by atoms with Crippen molar-refractivity contribution in [3.63, 3.8) is 0 Å². The van der Waals surface area contributed by atoms with Crippen molar-refractivity contribution in [2.75, 3.05) is 37.5 Å². The van der Waals surface area contributed by atoms with Gasteiger partial charge in [-0.1, -0.05) is 10.8 Å². The number of thiol groups is 1. The maximum absolute atomic E-state index is 11.1. The van der Waals surface area contributed by atoms with Gasteiger partial charge in [-0.15, -0.1) is 11.7 Å². The third-order valence-electron chi connectivity index (χ3n) is 1.63. The molecule has 0 bridgehead atoms. The van der Waals surface area contributed by atoms with Crippen molar-refractivity contribution in [3.8, 4) is 0 Å².